The van der Waals surface area contributed by atoms with Crippen molar-refractivity contribution < 1.29 is 9.47 Å². The molecule has 5 heteroatoms. The monoisotopic (exact) mass is 530 g/mol. The van der Waals surface area contributed by atoms with Crippen LogP contribution in [0, 0.1) is 5.92 Å². The van der Waals surface area contributed by atoms with Crippen LogP contribution in [-0.4, -0.2) is 19.4 Å². The molecular formula is C30H31BrN2O2. The lowest BCUT2D eigenvalue weighted by Gasteiger charge is -2.37. The van der Waals surface area contributed by atoms with E-state index in [1.807, 2.05) is 25.3 Å². The summed E-state index contributed by atoms with van der Waals surface area (Å²) in [4.78, 5) is 4.72. The van der Waals surface area contributed by atoms with Gasteiger partial charge in [-0.05, 0) is 88.6 Å². The van der Waals surface area contributed by atoms with Crippen LogP contribution < -0.4 is 14.8 Å². The van der Waals surface area contributed by atoms with Gasteiger partial charge in [-0.25, -0.2) is 0 Å². The number of benzene rings is 3. The molecule has 1 aliphatic heterocycles. The predicted molar refractivity (Wildman–Crippen MR) is 148 cm³/mol. The van der Waals surface area contributed by atoms with Crippen molar-refractivity contribution in [1.82, 2.24) is 0 Å². The van der Waals surface area contributed by atoms with E-state index in [1.54, 1.807) is 0 Å². The molecule has 180 valence electrons. The average molecular weight is 531 g/mol. The van der Waals surface area contributed by atoms with Crippen molar-refractivity contribution in [2.75, 3.05) is 18.5 Å². The Morgan fingerprint density at radius 3 is 2.69 bits per heavy atom. The summed E-state index contributed by atoms with van der Waals surface area (Å²) in [7, 11) is 0. The molecule has 2 aliphatic rings. The summed E-state index contributed by atoms with van der Waals surface area (Å²) in [6.45, 7) is 5.29. The number of ether oxygens (including phenoxy) is 2. The van der Waals surface area contributed by atoms with Crippen LogP contribution in [0.2, 0.25) is 0 Å². The van der Waals surface area contributed by atoms with Crippen molar-refractivity contribution in [3.63, 3.8) is 0 Å². The molecule has 0 amide bonds. The zero-order valence-electron chi connectivity index (χ0n) is 20.2. The summed E-state index contributed by atoms with van der Waals surface area (Å²) in [6.07, 6.45) is 8.63. The third kappa shape index (κ3) is 5.01. The van der Waals surface area contributed by atoms with Crippen LogP contribution in [0.15, 0.2) is 82.3 Å². The number of allylic oxidation sites excluding steroid dienone is 2. The van der Waals surface area contributed by atoms with Crippen molar-refractivity contribution in [3.8, 4) is 11.5 Å². The third-order valence-corrected chi connectivity index (χ3v) is 7.26. The summed E-state index contributed by atoms with van der Waals surface area (Å²) in [5.41, 5.74) is 5.84. The van der Waals surface area contributed by atoms with E-state index in [0.29, 0.717) is 31.1 Å². The SMILES string of the molecule is CCCOc1c(Br)cc(C=Nc2ccc([C@@H]3Nc4ccccc4[C@H]4C=CC[C@@H]43)cc2)cc1OCC. The minimum Gasteiger partial charge on any atom is -0.490 e. The van der Waals surface area contributed by atoms with Gasteiger partial charge in [0.2, 0.25) is 0 Å². The first kappa shape index (κ1) is 23.7. The number of hydrogen-bond donors (Lipinski definition) is 1. The van der Waals surface area contributed by atoms with Crippen molar-refractivity contribution in [3.05, 3.63) is 94.0 Å². The molecule has 0 spiro atoms. The van der Waals surface area contributed by atoms with E-state index in [4.69, 9.17) is 14.5 Å². The van der Waals surface area contributed by atoms with Crippen LogP contribution in [0.3, 0.4) is 0 Å². The van der Waals surface area contributed by atoms with Crippen molar-refractivity contribution in [1.29, 1.82) is 0 Å². The Balaban J connectivity index is 1.34. The van der Waals surface area contributed by atoms with E-state index >= 15 is 0 Å². The van der Waals surface area contributed by atoms with Gasteiger partial charge in [-0.1, -0.05) is 49.4 Å². The van der Waals surface area contributed by atoms with Gasteiger partial charge in [0, 0.05) is 17.8 Å². The number of anilines is 1. The number of nitrogens with one attached hydrogen (secondary N) is 1. The highest BCUT2D eigenvalue weighted by molar-refractivity contribution is 9.10. The minimum atomic E-state index is 0.295. The molecule has 0 bridgehead atoms. The van der Waals surface area contributed by atoms with E-state index in [0.717, 1.165) is 40.1 Å². The molecular weight excluding hydrogens is 500 g/mol. The fraction of sp³-hybridized carbons (Fsp3) is 0.300. The Bertz CT molecular complexity index is 1240. The minimum absolute atomic E-state index is 0.295. The molecule has 0 saturated carbocycles. The van der Waals surface area contributed by atoms with Gasteiger partial charge in [0.25, 0.3) is 0 Å². The zero-order chi connectivity index (χ0) is 24.2. The number of nitrogens with zero attached hydrogens (tertiary/aromatic N) is 1. The van der Waals surface area contributed by atoms with Gasteiger partial charge >= 0.3 is 0 Å². The number of rotatable bonds is 8. The standard InChI is InChI=1S/C30H31BrN2O2/c1-3-16-35-30-26(31)17-20(18-28(30)34-4-2)19-32-22-14-12-21(13-15-22)29-25-10-7-9-23(25)24-8-5-6-11-27(24)33-29/h5-9,11-15,17-19,23,25,29,33H,3-4,10,16H2,1-2H3/t23-,25+,29+/m1/s1. The van der Waals surface area contributed by atoms with Gasteiger partial charge in [-0.2, -0.15) is 0 Å². The Hall–Kier alpha value is -3.05. The lowest BCUT2D eigenvalue weighted by atomic mass is 9.77. The van der Waals surface area contributed by atoms with Crippen LogP contribution in [0.25, 0.3) is 0 Å². The molecule has 3 atom stereocenters. The van der Waals surface area contributed by atoms with Crippen LogP contribution >= 0.6 is 15.9 Å². The van der Waals surface area contributed by atoms with Crippen LogP contribution in [0.1, 0.15) is 55.3 Å². The number of fused-ring (bicyclic) bond motifs is 3. The molecule has 0 saturated heterocycles. The topological polar surface area (TPSA) is 42.8 Å². The Labute approximate surface area is 216 Å². The van der Waals surface area contributed by atoms with E-state index in [-0.39, 0.29) is 0 Å². The number of hydrogen-bond acceptors (Lipinski definition) is 4. The zero-order valence-corrected chi connectivity index (χ0v) is 21.8. The van der Waals surface area contributed by atoms with Crippen LogP contribution in [0.5, 0.6) is 11.5 Å². The van der Waals surface area contributed by atoms with Crippen LogP contribution in [0.4, 0.5) is 11.4 Å². The Morgan fingerprint density at radius 1 is 1.06 bits per heavy atom. The van der Waals surface area contributed by atoms with Gasteiger partial charge in [0.05, 0.1) is 29.4 Å². The summed E-state index contributed by atoms with van der Waals surface area (Å²) < 4.78 is 12.6. The van der Waals surface area contributed by atoms with Crippen molar-refractivity contribution >= 4 is 33.5 Å². The fourth-order valence-corrected chi connectivity index (χ4v) is 5.63. The first-order chi connectivity index (χ1) is 17.2. The van der Waals surface area contributed by atoms with Crippen molar-refractivity contribution in [2.24, 2.45) is 10.9 Å². The van der Waals surface area contributed by atoms with Gasteiger partial charge in [-0.15, -0.1) is 0 Å². The van der Waals surface area contributed by atoms with Gasteiger partial charge in [-0.3, -0.25) is 4.99 Å². The molecule has 5 rings (SSSR count). The Morgan fingerprint density at radius 2 is 1.89 bits per heavy atom. The van der Waals surface area contributed by atoms with E-state index in [1.165, 1.54) is 16.8 Å². The van der Waals surface area contributed by atoms with Gasteiger partial charge < -0.3 is 14.8 Å². The van der Waals surface area contributed by atoms with Crippen LogP contribution in [-0.2, 0) is 0 Å². The van der Waals surface area contributed by atoms with Gasteiger partial charge in [0.15, 0.2) is 11.5 Å². The molecule has 3 aromatic carbocycles. The highest BCUT2D eigenvalue weighted by atomic mass is 79.9. The second-order valence-electron chi connectivity index (χ2n) is 9.02. The molecule has 4 nitrogen and oxygen atoms in total. The molecule has 0 fully saturated rings. The first-order valence-electron chi connectivity index (χ1n) is 12.4. The van der Waals surface area contributed by atoms with Crippen molar-refractivity contribution in [2.45, 2.75) is 38.6 Å². The number of aliphatic imine (C=N–C) groups is 1. The third-order valence-electron chi connectivity index (χ3n) is 6.67. The summed E-state index contributed by atoms with van der Waals surface area (Å²) >= 11 is 3.63. The maximum Gasteiger partial charge on any atom is 0.175 e. The van der Waals surface area contributed by atoms with Gasteiger partial charge in [0.1, 0.15) is 0 Å². The summed E-state index contributed by atoms with van der Waals surface area (Å²) in [6, 6.07) is 21.6. The highest BCUT2D eigenvalue weighted by Gasteiger charge is 2.37. The lowest BCUT2D eigenvalue weighted by molar-refractivity contribution is 0.275. The predicted octanol–water partition coefficient (Wildman–Crippen LogP) is 8.21. The molecule has 0 unspecified atom stereocenters. The quantitative estimate of drug-likeness (QED) is 0.235. The number of para-hydroxylation sites is 1. The first-order valence-corrected chi connectivity index (χ1v) is 13.2. The molecule has 35 heavy (non-hydrogen) atoms. The van der Waals surface area contributed by atoms with E-state index < -0.39 is 0 Å². The fourth-order valence-electron chi connectivity index (χ4n) is 5.06. The smallest absolute Gasteiger partial charge is 0.175 e. The molecule has 3 aromatic rings. The second-order valence-corrected chi connectivity index (χ2v) is 9.88. The molecule has 1 N–H and O–H groups in total. The molecule has 0 radical (unpaired) electrons. The summed E-state index contributed by atoms with van der Waals surface area (Å²) in [5.74, 6) is 2.51. The normalized spacial score (nSPS) is 20.4. The number of halogens is 1. The molecule has 1 aliphatic carbocycles. The van der Waals surface area contributed by atoms with E-state index in [9.17, 15) is 0 Å². The lowest BCUT2D eigenvalue weighted by Crippen LogP contribution is -2.28. The average Bonchev–Trinajstić information content (AvgIpc) is 3.38. The van der Waals surface area contributed by atoms with E-state index in [2.05, 4.69) is 88.9 Å². The maximum atomic E-state index is 5.88. The Kier molecular flexibility index (Phi) is 7.24. The highest BCUT2D eigenvalue weighted by Crippen LogP contribution is 2.49. The molecule has 1 heterocycles. The summed E-state index contributed by atoms with van der Waals surface area (Å²) in [5, 5.41) is 3.80. The largest absolute Gasteiger partial charge is 0.490 e. The second kappa shape index (κ2) is 10.7. The molecule has 0 aromatic heterocycles. The maximum absolute atomic E-state index is 5.88.